The number of amides is 3. The molecule has 3 aromatic carbocycles. The maximum Gasteiger partial charge on any atom is 0.250 e. The predicted octanol–water partition coefficient (Wildman–Crippen LogP) is 2.88. The number of nitrogens with zero attached hydrogens (tertiary/aromatic N) is 1. The summed E-state index contributed by atoms with van der Waals surface area (Å²) in [5.74, 6) is -2.24. The van der Waals surface area contributed by atoms with Gasteiger partial charge in [-0.25, -0.2) is 0 Å². The molecule has 10 nitrogen and oxygen atoms in total. The van der Waals surface area contributed by atoms with E-state index in [1.807, 2.05) is 37.3 Å². The van der Waals surface area contributed by atoms with Crippen LogP contribution in [0.2, 0.25) is 0 Å². The third-order valence-corrected chi connectivity index (χ3v) is 8.85. The Balaban J connectivity index is 1.37. The molecule has 0 bridgehead atoms. The maximum absolute atomic E-state index is 14.2. The van der Waals surface area contributed by atoms with Crippen LogP contribution in [-0.4, -0.2) is 59.6 Å². The van der Waals surface area contributed by atoms with E-state index in [2.05, 4.69) is 10.6 Å². The molecule has 0 unspecified atom stereocenters. The number of likely N-dealkylation sites (tertiary alicyclic amines) is 1. The molecule has 10 heteroatoms. The van der Waals surface area contributed by atoms with Crippen molar-refractivity contribution in [2.75, 3.05) is 26.1 Å². The molecule has 218 valence electrons. The van der Waals surface area contributed by atoms with Gasteiger partial charge >= 0.3 is 0 Å². The van der Waals surface area contributed by atoms with Crippen LogP contribution in [-0.2, 0) is 39.2 Å². The summed E-state index contributed by atoms with van der Waals surface area (Å²) in [6.45, 7) is 2.16. The van der Waals surface area contributed by atoms with Crippen LogP contribution in [0.5, 0.6) is 23.0 Å². The number of phenolic OH excluding ortho intramolecular Hbond substituents is 2. The third kappa shape index (κ3) is 4.16. The summed E-state index contributed by atoms with van der Waals surface area (Å²) in [6, 6.07) is 15.1. The highest BCUT2D eigenvalue weighted by Gasteiger charge is 2.70. The number of aromatic hydroxyl groups is 2. The Hall–Kier alpha value is -4.57. The van der Waals surface area contributed by atoms with E-state index in [4.69, 9.17) is 9.47 Å². The van der Waals surface area contributed by atoms with E-state index in [0.717, 1.165) is 17.5 Å². The number of fused-ring (bicyclic) bond motifs is 4. The summed E-state index contributed by atoms with van der Waals surface area (Å²) in [5.41, 5.74) is 2.40. The van der Waals surface area contributed by atoms with Crippen molar-refractivity contribution in [1.82, 2.24) is 10.2 Å². The second-order valence-corrected chi connectivity index (χ2v) is 11.0. The minimum atomic E-state index is -1.42. The Labute approximate surface area is 243 Å². The second-order valence-electron chi connectivity index (χ2n) is 11.0. The Morgan fingerprint density at radius 1 is 0.857 bits per heavy atom. The molecule has 3 aliphatic rings. The number of rotatable bonds is 8. The number of phenols is 2. The summed E-state index contributed by atoms with van der Waals surface area (Å²) < 4.78 is 10.7. The largest absolute Gasteiger partial charge is 0.504 e. The Bertz CT molecular complexity index is 1600. The number of hydrogen-bond acceptors (Lipinski definition) is 8. The lowest BCUT2D eigenvalue weighted by Gasteiger charge is -2.30. The number of imide groups is 1. The summed E-state index contributed by atoms with van der Waals surface area (Å²) in [4.78, 5) is 43.3. The molecule has 3 aliphatic heterocycles. The Morgan fingerprint density at radius 3 is 2.31 bits per heavy atom. The summed E-state index contributed by atoms with van der Waals surface area (Å²) in [7, 11) is 3.10. The highest BCUT2D eigenvalue weighted by Crippen LogP contribution is 2.53. The number of carbonyl (C=O) groups is 3. The molecule has 4 atom stereocenters. The SMILES string of the molecule is CCc1ccc2c(c1)[C@@]1(N[C@@H](Cc3ccc(O)c(O)c3)[C@H]3C(=O)N(CCc4ccc(OC)c(OC)c4)C(=O)[C@H]31)C(=O)N2. The fraction of sp³-hybridized carbons (Fsp3) is 0.344. The van der Waals surface area contributed by atoms with E-state index in [1.165, 1.54) is 17.0 Å². The van der Waals surface area contributed by atoms with Gasteiger partial charge in [0.25, 0.3) is 0 Å². The molecular weight excluding hydrogens is 538 g/mol. The number of aryl methyl sites for hydroxylation is 1. The highest BCUT2D eigenvalue weighted by molar-refractivity contribution is 6.15. The zero-order valence-corrected chi connectivity index (χ0v) is 23.6. The van der Waals surface area contributed by atoms with E-state index in [9.17, 15) is 24.6 Å². The molecule has 2 fully saturated rings. The predicted molar refractivity (Wildman–Crippen MR) is 153 cm³/mol. The number of hydrogen-bond donors (Lipinski definition) is 4. The Kier molecular flexibility index (Phi) is 6.81. The van der Waals surface area contributed by atoms with Crippen molar-refractivity contribution >= 4 is 23.4 Å². The first-order valence-electron chi connectivity index (χ1n) is 14.0. The fourth-order valence-electron chi connectivity index (χ4n) is 6.75. The maximum atomic E-state index is 14.2. The number of methoxy groups -OCH3 is 2. The van der Waals surface area contributed by atoms with Crippen molar-refractivity contribution < 1.29 is 34.1 Å². The number of carbonyl (C=O) groups excluding carboxylic acids is 3. The number of benzene rings is 3. The van der Waals surface area contributed by atoms with Crippen molar-refractivity contribution in [3.63, 3.8) is 0 Å². The molecular formula is C32H33N3O7. The van der Waals surface area contributed by atoms with Crippen LogP contribution >= 0.6 is 0 Å². The zero-order valence-electron chi connectivity index (χ0n) is 23.6. The van der Waals surface area contributed by atoms with Crippen LogP contribution in [0.15, 0.2) is 54.6 Å². The molecule has 0 saturated carbocycles. The van der Waals surface area contributed by atoms with E-state index < -0.39 is 23.4 Å². The van der Waals surface area contributed by atoms with Gasteiger partial charge in [-0.05, 0) is 66.3 Å². The average molecular weight is 572 g/mol. The van der Waals surface area contributed by atoms with Crippen molar-refractivity contribution in [3.05, 3.63) is 76.9 Å². The zero-order chi connectivity index (χ0) is 29.8. The van der Waals surface area contributed by atoms with Crippen LogP contribution in [0.4, 0.5) is 5.69 Å². The molecule has 3 heterocycles. The van der Waals surface area contributed by atoms with Crippen LogP contribution in [0, 0.1) is 11.8 Å². The molecule has 0 aliphatic carbocycles. The molecule has 3 amide bonds. The van der Waals surface area contributed by atoms with Gasteiger partial charge in [-0.1, -0.05) is 31.2 Å². The fourth-order valence-corrected chi connectivity index (χ4v) is 6.75. The lowest BCUT2D eigenvalue weighted by Crippen LogP contribution is -2.53. The first-order chi connectivity index (χ1) is 20.2. The third-order valence-electron chi connectivity index (χ3n) is 8.85. The van der Waals surface area contributed by atoms with Crippen LogP contribution in [0.25, 0.3) is 0 Å². The van der Waals surface area contributed by atoms with E-state index >= 15 is 0 Å². The number of ether oxygens (including phenoxy) is 2. The molecule has 0 aromatic heterocycles. The van der Waals surface area contributed by atoms with Crippen molar-refractivity contribution in [2.45, 2.75) is 37.8 Å². The summed E-state index contributed by atoms with van der Waals surface area (Å²) in [5, 5.41) is 26.3. The van der Waals surface area contributed by atoms with Crippen molar-refractivity contribution in [3.8, 4) is 23.0 Å². The van der Waals surface area contributed by atoms with E-state index in [-0.39, 0.29) is 42.2 Å². The van der Waals surface area contributed by atoms with Gasteiger partial charge in [-0.3, -0.25) is 24.6 Å². The molecule has 0 radical (unpaired) electrons. The van der Waals surface area contributed by atoms with Gasteiger partial charge < -0.3 is 25.0 Å². The molecule has 2 saturated heterocycles. The van der Waals surface area contributed by atoms with Gasteiger partial charge in [0.05, 0.1) is 26.1 Å². The smallest absolute Gasteiger partial charge is 0.250 e. The first-order valence-corrected chi connectivity index (χ1v) is 14.0. The number of nitrogens with one attached hydrogen (secondary N) is 2. The standard InChI is InChI=1S/C32H33N3O7/c1-4-17-5-8-21-20(13-17)32(31(40)33-21)28-27(22(34-32)14-19-6-9-23(36)24(37)15-19)29(38)35(30(28)39)12-11-18-7-10-25(41-2)26(16-18)42-3/h5-10,13,15-16,22,27-28,34,36-37H,4,11-12,14H2,1-3H3,(H,33,40)/t22-,27+,28-,32-/m0/s1. The average Bonchev–Trinajstić information content (AvgIpc) is 3.57. The molecule has 3 aromatic rings. The van der Waals surface area contributed by atoms with Crippen LogP contribution in [0.1, 0.15) is 29.2 Å². The molecule has 1 spiro atoms. The monoisotopic (exact) mass is 571 g/mol. The lowest BCUT2D eigenvalue weighted by molar-refractivity contribution is -0.142. The number of anilines is 1. The van der Waals surface area contributed by atoms with E-state index in [1.54, 1.807) is 26.4 Å². The van der Waals surface area contributed by atoms with Gasteiger partial charge in [0.1, 0.15) is 5.54 Å². The summed E-state index contributed by atoms with van der Waals surface area (Å²) >= 11 is 0. The van der Waals surface area contributed by atoms with Crippen LogP contribution < -0.4 is 20.1 Å². The van der Waals surface area contributed by atoms with Crippen LogP contribution in [0.3, 0.4) is 0 Å². The minimum Gasteiger partial charge on any atom is -0.504 e. The van der Waals surface area contributed by atoms with Gasteiger partial charge in [0.15, 0.2) is 23.0 Å². The molecule has 4 N–H and O–H groups in total. The Morgan fingerprint density at radius 2 is 1.60 bits per heavy atom. The normalized spacial score (nSPS) is 24.2. The van der Waals surface area contributed by atoms with Gasteiger partial charge in [-0.2, -0.15) is 0 Å². The van der Waals surface area contributed by atoms with E-state index in [0.29, 0.717) is 34.7 Å². The van der Waals surface area contributed by atoms with Crippen molar-refractivity contribution in [2.24, 2.45) is 11.8 Å². The summed E-state index contributed by atoms with van der Waals surface area (Å²) in [6.07, 6.45) is 1.40. The van der Waals surface area contributed by atoms with Gasteiger partial charge in [0, 0.05) is 23.8 Å². The second kappa shape index (κ2) is 10.4. The molecule has 42 heavy (non-hydrogen) atoms. The van der Waals surface area contributed by atoms with Gasteiger partial charge in [-0.15, -0.1) is 0 Å². The van der Waals surface area contributed by atoms with Gasteiger partial charge in [0.2, 0.25) is 17.7 Å². The first kappa shape index (κ1) is 27.6. The quantitative estimate of drug-likeness (QED) is 0.239. The topological polar surface area (TPSA) is 137 Å². The van der Waals surface area contributed by atoms with Crippen molar-refractivity contribution in [1.29, 1.82) is 0 Å². The lowest BCUT2D eigenvalue weighted by atomic mass is 9.76. The minimum absolute atomic E-state index is 0.145. The molecule has 6 rings (SSSR count). The highest BCUT2D eigenvalue weighted by atomic mass is 16.5.